The summed E-state index contributed by atoms with van der Waals surface area (Å²) >= 11 is 2.23. The van der Waals surface area contributed by atoms with Crippen molar-refractivity contribution in [3.05, 3.63) is 68.8 Å². The second-order valence-electron chi connectivity index (χ2n) is 5.73. The number of hydrogen-bond acceptors (Lipinski definition) is 2. The first kappa shape index (κ1) is 16.0. The third kappa shape index (κ3) is 3.90. The zero-order valence-electron chi connectivity index (χ0n) is 12.5. The van der Waals surface area contributed by atoms with E-state index < -0.39 is 5.91 Å². The third-order valence-corrected chi connectivity index (χ3v) is 4.65. The van der Waals surface area contributed by atoms with Gasteiger partial charge in [-0.15, -0.1) is 0 Å². The van der Waals surface area contributed by atoms with E-state index >= 15 is 0 Å². The first-order chi connectivity index (χ1) is 11.0. The van der Waals surface area contributed by atoms with E-state index in [4.69, 9.17) is 5.73 Å². The van der Waals surface area contributed by atoms with Gasteiger partial charge in [0.25, 0.3) is 5.91 Å². The molecule has 4 nitrogen and oxygen atoms in total. The zero-order valence-corrected chi connectivity index (χ0v) is 14.7. The molecule has 1 fully saturated rings. The van der Waals surface area contributed by atoms with Gasteiger partial charge < -0.3 is 10.6 Å². The van der Waals surface area contributed by atoms with Crippen molar-refractivity contribution in [1.29, 1.82) is 0 Å². The minimum atomic E-state index is -0.439. The molecule has 1 aliphatic carbocycles. The van der Waals surface area contributed by atoms with Crippen molar-refractivity contribution in [2.24, 2.45) is 5.73 Å². The van der Waals surface area contributed by atoms with Gasteiger partial charge in [0.1, 0.15) is 0 Å². The van der Waals surface area contributed by atoms with E-state index in [1.165, 1.54) is 0 Å². The monoisotopic (exact) mass is 420 g/mol. The van der Waals surface area contributed by atoms with Gasteiger partial charge in [-0.1, -0.05) is 12.1 Å². The molecule has 1 aliphatic rings. The fourth-order valence-corrected chi connectivity index (χ4v) is 2.84. The highest BCUT2D eigenvalue weighted by Gasteiger charge is 2.33. The van der Waals surface area contributed by atoms with Crippen LogP contribution in [-0.2, 0) is 6.54 Å². The van der Waals surface area contributed by atoms with Crippen LogP contribution >= 0.6 is 22.6 Å². The molecule has 0 saturated heterocycles. The summed E-state index contributed by atoms with van der Waals surface area (Å²) in [6.07, 6.45) is 2.10. The third-order valence-electron chi connectivity index (χ3n) is 3.93. The van der Waals surface area contributed by atoms with E-state index in [0.717, 1.165) is 22.0 Å². The molecule has 23 heavy (non-hydrogen) atoms. The predicted octanol–water partition coefficient (Wildman–Crippen LogP) is 3.19. The van der Waals surface area contributed by atoms with E-state index in [1.54, 1.807) is 12.1 Å². The summed E-state index contributed by atoms with van der Waals surface area (Å²) in [5.74, 6) is -0.381. The van der Waals surface area contributed by atoms with Crippen molar-refractivity contribution in [3.8, 4) is 0 Å². The number of nitrogens with two attached hydrogens (primary N) is 1. The number of carbonyl (C=O) groups is 2. The maximum absolute atomic E-state index is 12.8. The first-order valence-electron chi connectivity index (χ1n) is 7.50. The number of amides is 2. The summed E-state index contributed by atoms with van der Waals surface area (Å²) in [5, 5.41) is 0. The molecule has 0 atom stereocenters. The fraction of sp³-hybridized carbons (Fsp3) is 0.222. The standard InChI is InChI=1S/C18H17IN2O2/c19-15-7-5-14(6-8-15)18(23)21(16-9-10-16)11-12-1-3-13(4-2-12)17(20)22/h1-8,16H,9-11H2,(H2,20,22). The molecule has 5 heteroatoms. The molecule has 0 spiro atoms. The molecule has 0 bridgehead atoms. The second-order valence-corrected chi connectivity index (χ2v) is 6.98. The predicted molar refractivity (Wildman–Crippen MR) is 97.0 cm³/mol. The van der Waals surface area contributed by atoms with Crippen LogP contribution in [-0.4, -0.2) is 22.8 Å². The molecule has 3 rings (SSSR count). The molecule has 118 valence electrons. The number of halogens is 1. The van der Waals surface area contributed by atoms with Crippen LogP contribution in [0.1, 0.15) is 39.1 Å². The lowest BCUT2D eigenvalue weighted by Gasteiger charge is -2.23. The van der Waals surface area contributed by atoms with Crippen molar-refractivity contribution in [3.63, 3.8) is 0 Å². The van der Waals surface area contributed by atoms with E-state index in [-0.39, 0.29) is 5.91 Å². The molecule has 1 saturated carbocycles. The van der Waals surface area contributed by atoms with Gasteiger partial charge in [-0.2, -0.15) is 0 Å². The van der Waals surface area contributed by atoms with Crippen LogP contribution < -0.4 is 5.73 Å². The van der Waals surface area contributed by atoms with Gasteiger partial charge in [-0.3, -0.25) is 9.59 Å². The van der Waals surface area contributed by atoms with Gasteiger partial charge in [0.05, 0.1) is 0 Å². The summed E-state index contributed by atoms with van der Waals surface area (Å²) < 4.78 is 1.11. The number of nitrogens with zero attached hydrogens (tertiary/aromatic N) is 1. The quantitative estimate of drug-likeness (QED) is 0.756. The van der Waals surface area contributed by atoms with Gasteiger partial charge in [0.15, 0.2) is 0 Å². The highest BCUT2D eigenvalue weighted by molar-refractivity contribution is 14.1. The topological polar surface area (TPSA) is 63.4 Å². The summed E-state index contributed by atoms with van der Waals surface area (Å²) in [4.78, 5) is 25.8. The number of benzene rings is 2. The summed E-state index contributed by atoms with van der Waals surface area (Å²) in [5.41, 5.74) is 7.45. The average molecular weight is 420 g/mol. The van der Waals surface area contributed by atoms with E-state index in [2.05, 4.69) is 22.6 Å². The lowest BCUT2D eigenvalue weighted by atomic mass is 10.1. The highest BCUT2D eigenvalue weighted by Crippen LogP contribution is 2.30. The number of carbonyl (C=O) groups excluding carboxylic acids is 2. The van der Waals surface area contributed by atoms with Crippen molar-refractivity contribution in [2.75, 3.05) is 0 Å². The van der Waals surface area contributed by atoms with Gasteiger partial charge >= 0.3 is 0 Å². The Morgan fingerprint density at radius 1 is 1.00 bits per heavy atom. The summed E-state index contributed by atoms with van der Waals surface area (Å²) in [6, 6.07) is 15.1. The Kier molecular flexibility index (Phi) is 4.66. The first-order valence-corrected chi connectivity index (χ1v) is 8.58. The van der Waals surface area contributed by atoms with Crippen LogP contribution in [0.4, 0.5) is 0 Å². The number of hydrogen-bond donors (Lipinski definition) is 1. The van der Waals surface area contributed by atoms with E-state index in [1.807, 2.05) is 41.3 Å². The van der Waals surface area contributed by atoms with Crippen molar-refractivity contribution in [1.82, 2.24) is 4.90 Å². The minimum absolute atomic E-state index is 0.0582. The average Bonchev–Trinajstić information content (AvgIpc) is 3.38. The van der Waals surface area contributed by atoms with Crippen LogP contribution in [0.25, 0.3) is 0 Å². The van der Waals surface area contributed by atoms with Gasteiger partial charge in [-0.25, -0.2) is 0 Å². The molecule has 0 aliphatic heterocycles. The lowest BCUT2D eigenvalue weighted by molar-refractivity contribution is 0.0729. The largest absolute Gasteiger partial charge is 0.366 e. The van der Waals surface area contributed by atoms with Gasteiger partial charge in [-0.05, 0) is 77.4 Å². The Morgan fingerprint density at radius 3 is 2.09 bits per heavy atom. The minimum Gasteiger partial charge on any atom is -0.366 e. The van der Waals surface area contributed by atoms with E-state index in [9.17, 15) is 9.59 Å². The molecular weight excluding hydrogens is 403 g/mol. The maximum atomic E-state index is 12.8. The molecular formula is C18H17IN2O2. The maximum Gasteiger partial charge on any atom is 0.254 e. The van der Waals surface area contributed by atoms with Crippen molar-refractivity contribution in [2.45, 2.75) is 25.4 Å². The fourth-order valence-electron chi connectivity index (χ4n) is 2.48. The molecule has 0 unspecified atom stereocenters. The summed E-state index contributed by atoms with van der Waals surface area (Å²) in [7, 11) is 0. The number of primary amides is 1. The Labute approximate surface area is 148 Å². The molecule has 2 aromatic rings. The van der Waals surface area contributed by atoms with Crippen molar-refractivity contribution >= 4 is 34.4 Å². The zero-order chi connectivity index (χ0) is 16.4. The van der Waals surface area contributed by atoms with Crippen LogP contribution in [0.15, 0.2) is 48.5 Å². The van der Waals surface area contributed by atoms with Gasteiger partial charge in [0, 0.05) is 27.3 Å². The summed E-state index contributed by atoms with van der Waals surface area (Å²) in [6.45, 7) is 0.550. The van der Waals surface area contributed by atoms with Crippen LogP contribution in [0.3, 0.4) is 0 Å². The molecule has 0 radical (unpaired) electrons. The molecule has 0 aromatic heterocycles. The Morgan fingerprint density at radius 2 is 1.57 bits per heavy atom. The van der Waals surface area contributed by atoms with E-state index in [0.29, 0.717) is 23.7 Å². The molecule has 2 aromatic carbocycles. The molecule has 2 N–H and O–H groups in total. The SMILES string of the molecule is NC(=O)c1ccc(CN(C(=O)c2ccc(I)cc2)C2CC2)cc1. The highest BCUT2D eigenvalue weighted by atomic mass is 127. The lowest BCUT2D eigenvalue weighted by Crippen LogP contribution is -2.32. The smallest absolute Gasteiger partial charge is 0.254 e. The Hall–Kier alpha value is -1.89. The molecule has 2 amide bonds. The van der Waals surface area contributed by atoms with Crippen LogP contribution in [0, 0.1) is 3.57 Å². The normalized spacial score (nSPS) is 13.6. The van der Waals surface area contributed by atoms with Crippen LogP contribution in [0.2, 0.25) is 0 Å². The second kappa shape index (κ2) is 6.70. The Bertz CT molecular complexity index is 722. The van der Waals surface area contributed by atoms with Crippen molar-refractivity contribution < 1.29 is 9.59 Å². The van der Waals surface area contributed by atoms with Gasteiger partial charge in [0.2, 0.25) is 5.91 Å². The molecule has 0 heterocycles. The van der Waals surface area contributed by atoms with Crippen LogP contribution in [0.5, 0.6) is 0 Å². The Balaban J connectivity index is 1.77. The number of rotatable bonds is 5.